The molecule has 94 heavy (non-hydrogen) atoms. The van der Waals surface area contributed by atoms with Gasteiger partial charge in [0.15, 0.2) is 5.78 Å². The van der Waals surface area contributed by atoms with Crippen molar-refractivity contribution in [1.82, 2.24) is 16.0 Å². The molecule has 10 rings (SSSR count). The Labute approximate surface area is 569 Å². The molecule has 0 saturated heterocycles. The lowest BCUT2D eigenvalue weighted by Gasteiger charge is -2.72. The number of carbonyl (C=O) groups excluding carboxylic acids is 6. The molecule has 0 radical (unpaired) electrons. The molecule has 10 fully saturated rings. The van der Waals surface area contributed by atoms with Crippen LogP contribution in [0, 0.1) is 119 Å². The molecule has 0 aromatic rings. The molecule has 12 heteroatoms. The van der Waals surface area contributed by atoms with Gasteiger partial charge in [0, 0.05) is 43.2 Å². The summed E-state index contributed by atoms with van der Waals surface area (Å²) in [6.07, 6.45) is 25.8. The van der Waals surface area contributed by atoms with Crippen LogP contribution < -0.4 is 16.0 Å². The van der Waals surface area contributed by atoms with E-state index in [2.05, 4.69) is 112 Å². The first-order valence-corrected chi connectivity index (χ1v) is 38.6. The number of hydrogen-bond donors (Lipinski definition) is 4. The van der Waals surface area contributed by atoms with Crippen LogP contribution in [0.5, 0.6) is 0 Å². The SMILES string of the molecule is C=C(C)C1CCC2(C(=O)NCCCCC(CCCCCC(=O)C(CCCCNC(=O)C34CCC(C(=C)C)C3[C@H]3CC[C@@H]5[C@@]6(C)CCC(=O)C(C)(C)[C@@H]6CC[C@@]5(C)[C@]3(C)CC4)NC(=O)OC(C)(C)C)C(=O)O)CC[C@]3(C)[C@H](CC[C@@H]4[C@@]5(C)CCC(=O)C(C)(C)[C@@H]5CC[C@]43C)C12. The molecule has 8 unspecified atom stereocenters. The molecule has 0 aromatic carbocycles. The number of Topliss-reactive ketones (excluding diaryl/α,β-unsaturated/α-hetero) is 3. The third kappa shape index (κ3) is 12.1. The van der Waals surface area contributed by atoms with Gasteiger partial charge < -0.3 is 25.8 Å². The van der Waals surface area contributed by atoms with Gasteiger partial charge in [0.2, 0.25) is 11.8 Å². The Morgan fingerprint density at radius 1 is 0.511 bits per heavy atom. The standard InChI is InChI=1S/C82H131N3O9/c1-51(2)54-33-43-81(47-45-77(14)56(66(54)81)29-31-62-75(12)39-37-64(87)73(8,9)60(75)35-41-79(62,77)16)69(91)83-49-23-21-26-53(68(89)90)25-19-18-20-28-59(86)58(85-71(93)94-72(5,6)7)27-22-24-50-84-70(92)82-44-34-55(52(3)4)67(82)57-30-32-63-76(13)40-38-65(88)74(10,11)61(76)36-42-80(63,17)78(57,15)46-48-82/h53-58,60-63,66-67H,1,3,18-50H2,2,4-17H3,(H,83,91)(H,84,92)(H,85,93)(H,89,90)/t53?,54?,55?,56-,57-,58?,60+,61+,62-,63-,66?,67?,75+,76+,77-,78-,79-,80-,81?,82?/m1/s1. The summed E-state index contributed by atoms with van der Waals surface area (Å²) >= 11 is 0. The zero-order valence-electron chi connectivity index (χ0n) is 61.9. The Hall–Kier alpha value is -3.83. The number of ketones is 3. The van der Waals surface area contributed by atoms with Gasteiger partial charge in [0.1, 0.15) is 17.2 Å². The zero-order valence-corrected chi connectivity index (χ0v) is 61.9. The third-order valence-corrected chi connectivity index (χ3v) is 31.9. The van der Waals surface area contributed by atoms with Crippen molar-refractivity contribution in [3.05, 3.63) is 24.3 Å². The van der Waals surface area contributed by atoms with Crippen LogP contribution in [0.1, 0.15) is 303 Å². The van der Waals surface area contributed by atoms with Crippen molar-refractivity contribution in [3.8, 4) is 0 Å². The Morgan fingerprint density at radius 3 is 1.35 bits per heavy atom. The van der Waals surface area contributed by atoms with Crippen molar-refractivity contribution >= 4 is 41.2 Å². The molecule has 10 aliphatic carbocycles. The zero-order chi connectivity index (χ0) is 68.8. The van der Waals surface area contributed by atoms with Gasteiger partial charge in [-0.3, -0.25) is 28.8 Å². The highest BCUT2D eigenvalue weighted by molar-refractivity contribution is 5.88. The number of carbonyl (C=O) groups is 7. The van der Waals surface area contributed by atoms with E-state index in [0.29, 0.717) is 143 Å². The van der Waals surface area contributed by atoms with E-state index in [1.165, 1.54) is 17.6 Å². The first-order valence-electron chi connectivity index (χ1n) is 38.6. The third-order valence-electron chi connectivity index (χ3n) is 31.9. The fraction of sp³-hybridized carbons (Fsp3) is 0.866. The number of amides is 3. The number of fused-ring (bicyclic) bond motifs is 14. The molecule has 0 aromatic heterocycles. The maximum absolute atomic E-state index is 15.0. The lowest BCUT2D eigenvalue weighted by molar-refractivity contribution is -0.233. The second-order valence-electron chi connectivity index (χ2n) is 37.8. The highest BCUT2D eigenvalue weighted by Crippen LogP contribution is 2.80. The number of hydrogen-bond acceptors (Lipinski definition) is 8. The molecule has 0 spiro atoms. The van der Waals surface area contributed by atoms with Crippen molar-refractivity contribution in [2.24, 2.45) is 119 Å². The van der Waals surface area contributed by atoms with Gasteiger partial charge in [0.25, 0.3) is 0 Å². The van der Waals surface area contributed by atoms with E-state index in [0.717, 1.165) is 116 Å². The Bertz CT molecular complexity index is 2940. The molecule has 0 heterocycles. The Balaban J connectivity index is 0.681. The summed E-state index contributed by atoms with van der Waals surface area (Å²) < 4.78 is 5.63. The lowest BCUT2D eigenvalue weighted by atomic mass is 9.32. The van der Waals surface area contributed by atoms with E-state index < -0.39 is 40.5 Å². The van der Waals surface area contributed by atoms with Gasteiger partial charge in [-0.1, -0.05) is 113 Å². The monoisotopic (exact) mass is 1300 g/mol. The minimum Gasteiger partial charge on any atom is -0.481 e. The molecule has 3 amide bonds. The van der Waals surface area contributed by atoms with E-state index in [-0.39, 0.29) is 79.2 Å². The topological polar surface area (TPSA) is 185 Å². The molecule has 0 bridgehead atoms. The number of carboxylic acids is 1. The number of alkyl carbamates (subject to hydrolysis) is 1. The van der Waals surface area contributed by atoms with Crippen molar-refractivity contribution < 1.29 is 43.4 Å². The van der Waals surface area contributed by atoms with E-state index in [1.54, 1.807) is 20.8 Å². The average molecular weight is 1300 g/mol. The molecule has 12 nitrogen and oxygen atoms in total. The average Bonchev–Trinajstić information content (AvgIpc) is 1.05. The van der Waals surface area contributed by atoms with Crippen molar-refractivity contribution in [2.75, 3.05) is 13.1 Å². The maximum Gasteiger partial charge on any atom is 0.408 e. The molecule has 10 aliphatic rings. The van der Waals surface area contributed by atoms with Crippen LogP contribution >= 0.6 is 0 Å². The Kier molecular flexibility index (Phi) is 20.4. The van der Waals surface area contributed by atoms with E-state index in [1.807, 2.05) is 0 Å². The first kappa shape index (κ1) is 72.9. The van der Waals surface area contributed by atoms with Crippen LogP contribution in [0.2, 0.25) is 0 Å². The molecule has 20 atom stereocenters. The maximum atomic E-state index is 15.0. The highest BCUT2D eigenvalue weighted by Gasteiger charge is 2.74. The van der Waals surface area contributed by atoms with Crippen LogP contribution in [0.4, 0.5) is 4.79 Å². The minimum absolute atomic E-state index is 0.0653. The molecule has 528 valence electrons. The normalized spacial score (nSPS) is 41.4. The summed E-state index contributed by atoms with van der Waals surface area (Å²) in [5.41, 5.74) is 0.966. The summed E-state index contributed by atoms with van der Waals surface area (Å²) in [6.45, 7) is 44.3. The van der Waals surface area contributed by atoms with Crippen LogP contribution in [-0.2, 0) is 33.5 Å². The number of nitrogens with one attached hydrogen (secondary N) is 3. The van der Waals surface area contributed by atoms with Crippen molar-refractivity contribution in [1.29, 1.82) is 0 Å². The quantitative estimate of drug-likeness (QED) is 0.0571. The minimum atomic E-state index is -0.804. The molecular formula is C82H131N3O9. The number of rotatable bonds is 23. The fourth-order valence-electron chi connectivity index (χ4n) is 26.6. The van der Waals surface area contributed by atoms with Crippen LogP contribution in [0.3, 0.4) is 0 Å². The van der Waals surface area contributed by atoms with Gasteiger partial charge in [0.05, 0.1) is 22.8 Å². The largest absolute Gasteiger partial charge is 0.481 e. The highest BCUT2D eigenvalue weighted by atomic mass is 16.6. The number of ether oxygens (including phenoxy) is 1. The van der Waals surface area contributed by atoms with Crippen molar-refractivity contribution in [3.63, 3.8) is 0 Å². The van der Waals surface area contributed by atoms with Gasteiger partial charge in [-0.15, -0.1) is 0 Å². The van der Waals surface area contributed by atoms with Crippen LogP contribution in [0.25, 0.3) is 0 Å². The first-order chi connectivity index (χ1) is 43.9. The lowest BCUT2D eigenvalue weighted by Crippen LogP contribution is -2.67. The van der Waals surface area contributed by atoms with Gasteiger partial charge in [-0.25, -0.2) is 4.79 Å². The summed E-state index contributed by atoms with van der Waals surface area (Å²) in [7, 11) is 0. The smallest absolute Gasteiger partial charge is 0.408 e. The second-order valence-corrected chi connectivity index (χ2v) is 37.8. The Morgan fingerprint density at radius 2 is 0.936 bits per heavy atom. The van der Waals surface area contributed by atoms with Gasteiger partial charge >= 0.3 is 12.1 Å². The fourth-order valence-corrected chi connectivity index (χ4v) is 26.6. The van der Waals surface area contributed by atoms with Crippen LogP contribution in [0.15, 0.2) is 24.3 Å². The summed E-state index contributed by atoms with van der Waals surface area (Å²) in [5.74, 6) is 3.79. The predicted molar refractivity (Wildman–Crippen MR) is 374 cm³/mol. The molecule has 10 saturated carbocycles. The summed E-state index contributed by atoms with van der Waals surface area (Å²) in [6, 6.07) is -0.738. The van der Waals surface area contributed by atoms with Gasteiger partial charge in [-0.2, -0.15) is 0 Å². The molecule has 0 aliphatic heterocycles. The van der Waals surface area contributed by atoms with E-state index in [4.69, 9.17) is 4.74 Å². The number of aliphatic carboxylic acids is 1. The summed E-state index contributed by atoms with van der Waals surface area (Å²) in [4.78, 5) is 96.3. The number of allylic oxidation sites excluding steroid dienone is 2. The van der Waals surface area contributed by atoms with E-state index >= 15 is 0 Å². The van der Waals surface area contributed by atoms with Gasteiger partial charge in [-0.05, 0) is 287 Å². The van der Waals surface area contributed by atoms with E-state index in [9.17, 15) is 38.7 Å². The van der Waals surface area contributed by atoms with Crippen LogP contribution in [-0.4, -0.2) is 71.1 Å². The predicted octanol–water partition coefficient (Wildman–Crippen LogP) is 18.1. The van der Waals surface area contributed by atoms with Crippen molar-refractivity contribution in [2.45, 2.75) is 315 Å². The number of carboxylic acid groups (broad SMARTS) is 1. The second kappa shape index (κ2) is 26.4. The summed E-state index contributed by atoms with van der Waals surface area (Å²) in [5, 5.41) is 20.1. The number of unbranched alkanes of at least 4 members (excludes halogenated alkanes) is 4. The molecule has 4 N–H and O–H groups in total. The molecular weight excluding hydrogens is 1170 g/mol.